The van der Waals surface area contributed by atoms with Crippen LogP contribution < -0.4 is 11.1 Å². The lowest BCUT2D eigenvalue weighted by molar-refractivity contribution is 0.166. The van der Waals surface area contributed by atoms with Crippen LogP contribution in [-0.4, -0.2) is 36.6 Å². The Morgan fingerprint density at radius 1 is 1.50 bits per heavy atom. The molecule has 1 aliphatic rings. The highest BCUT2D eigenvalue weighted by molar-refractivity contribution is 5.73. The minimum absolute atomic E-state index is 0.00509. The molecule has 0 unspecified atom stereocenters. The van der Waals surface area contributed by atoms with Crippen molar-refractivity contribution in [1.29, 1.82) is 0 Å². The van der Waals surface area contributed by atoms with Crippen molar-refractivity contribution in [2.75, 3.05) is 20.1 Å². The number of urea groups is 1. The van der Waals surface area contributed by atoms with Crippen molar-refractivity contribution in [2.45, 2.75) is 25.3 Å². The van der Waals surface area contributed by atoms with Crippen LogP contribution in [0.1, 0.15) is 19.8 Å². The van der Waals surface area contributed by atoms with E-state index in [9.17, 15) is 4.79 Å². The highest BCUT2D eigenvalue weighted by Crippen LogP contribution is 2.18. The molecule has 0 bridgehead atoms. The van der Waals surface area contributed by atoms with Gasteiger partial charge in [-0.1, -0.05) is 0 Å². The number of hydrogen-bond donors (Lipinski definition) is 2. The maximum Gasteiger partial charge on any atom is 0.317 e. The Balaban J connectivity index is 2.41. The minimum Gasteiger partial charge on any atom is -0.341 e. The molecule has 0 aromatic heterocycles. The number of hydrogen-bond acceptors (Lipinski definition) is 2. The van der Waals surface area contributed by atoms with Gasteiger partial charge in [0, 0.05) is 25.7 Å². The second-order valence-electron chi connectivity index (χ2n) is 3.70. The fourth-order valence-corrected chi connectivity index (χ4v) is 1.38. The second kappa shape index (κ2) is 3.31. The first kappa shape index (κ1) is 9.32. The van der Waals surface area contributed by atoms with Crippen molar-refractivity contribution in [3.05, 3.63) is 0 Å². The van der Waals surface area contributed by atoms with E-state index in [1.807, 2.05) is 6.92 Å². The highest BCUT2D eigenvalue weighted by atomic mass is 16.2. The van der Waals surface area contributed by atoms with Crippen molar-refractivity contribution in [1.82, 2.24) is 10.2 Å². The molecule has 0 radical (unpaired) electrons. The van der Waals surface area contributed by atoms with Gasteiger partial charge in [-0.2, -0.15) is 0 Å². The number of carbonyl (C=O) groups excluding carboxylic acids is 1. The van der Waals surface area contributed by atoms with Gasteiger partial charge in [-0.05, 0) is 19.8 Å². The number of rotatable bonds is 0. The Labute approximate surface area is 73.1 Å². The molecule has 1 aliphatic heterocycles. The summed E-state index contributed by atoms with van der Waals surface area (Å²) in [6, 6.07) is 0.00509. The average Bonchev–Trinajstić information content (AvgIpc) is 2.03. The molecule has 2 amide bonds. The van der Waals surface area contributed by atoms with E-state index in [1.54, 1.807) is 11.9 Å². The Morgan fingerprint density at radius 3 is 2.42 bits per heavy atom. The van der Waals surface area contributed by atoms with Crippen molar-refractivity contribution in [3.63, 3.8) is 0 Å². The monoisotopic (exact) mass is 171 g/mol. The van der Waals surface area contributed by atoms with Crippen LogP contribution in [0, 0.1) is 0 Å². The molecule has 1 rings (SSSR count). The molecular formula is C8H17N3O. The van der Waals surface area contributed by atoms with Crippen LogP contribution >= 0.6 is 0 Å². The highest BCUT2D eigenvalue weighted by Gasteiger charge is 2.27. The smallest absolute Gasteiger partial charge is 0.317 e. The van der Waals surface area contributed by atoms with E-state index in [0.717, 1.165) is 25.9 Å². The van der Waals surface area contributed by atoms with Gasteiger partial charge in [0.2, 0.25) is 0 Å². The molecule has 0 aromatic rings. The van der Waals surface area contributed by atoms with Gasteiger partial charge < -0.3 is 16.0 Å². The molecule has 3 N–H and O–H groups in total. The molecular weight excluding hydrogens is 154 g/mol. The first-order chi connectivity index (χ1) is 5.55. The second-order valence-corrected chi connectivity index (χ2v) is 3.70. The number of amides is 2. The van der Waals surface area contributed by atoms with E-state index in [1.165, 1.54) is 0 Å². The number of carbonyl (C=O) groups is 1. The predicted molar refractivity (Wildman–Crippen MR) is 47.9 cm³/mol. The third-order valence-corrected chi connectivity index (χ3v) is 2.41. The Bertz CT molecular complexity index is 169. The van der Waals surface area contributed by atoms with Gasteiger partial charge in [-0.3, -0.25) is 0 Å². The summed E-state index contributed by atoms with van der Waals surface area (Å²) in [6.45, 7) is 3.58. The molecule has 4 nitrogen and oxygen atoms in total. The van der Waals surface area contributed by atoms with Gasteiger partial charge >= 0.3 is 6.03 Å². The largest absolute Gasteiger partial charge is 0.341 e. The lowest BCUT2D eigenvalue weighted by atomic mass is 9.91. The third-order valence-electron chi connectivity index (χ3n) is 2.41. The van der Waals surface area contributed by atoms with Crippen LogP contribution in [0.4, 0.5) is 4.79 Å². The third kappa shape index (κ3) is 2.11. The SMILES string of the molecule is CNC(=O)N1CCC(C)(N)CC1. The van der Waals surface area contributed by atoms with E-state index < -0.39 is 0 Å². The maximum atomic E-state index is 11.2. The van der Waals surface area contributed by atoms with Gasteiger partial charge in [0.25, 0.3) is 0 Å². The van der Waals surface area contributed by atoms with Gasteiger partial charge in [0.1, 0.15) is 0 Å². The molecule has 1 saturated heterocycles. The van der Waals surface area contributed by atoms with Crippen LogP contribution in [-0.2, 0) is 0 Å². The maximum absolute atomic E-state index is 11.2. The Kier molecular flexibility index (Phi) is 2.57. The number of nitrogens with one attached hydrogen (secondary N) is 1. The zero-order valence-electron chi connectivity index (χ0n) is 7.76. The van der Waals surface area contributed by atoms with E-state index in [4.69, 9.17) is 5.73 Å². The number of piperidine rings is 1. The molecule has 70 valence electrons. The molecule has 4 heteroatoms. The quantitative estimate of drug-likeness (QED) is 0.544. The van der Waals surface area contributed by atoms with Gasteiger partial charge in [-0.15, -0.1) is 0 Å². The van der Waals surface area contributed by atoms with Crippen molar-refractivity contribution in [2.24, 2.45) is 5.73 Å². The molecule has 1 fully saturated rings. The predicted octanol–water partition coefficient (Wildman–Crippen LogP) is 0.139. The molecule has 0 saturated carbocycles. The van der Waals surface area contributed by atoms with E-state index >= 15 is 0 Å². The van der Waals surface area contributed by atoms with E-state index in [0.29, 0.717) is 0 Å². The summed E-state index contributed by atoms with van der Waals surface area (Å²) in [5.41, 5.74) is 5.84. The van der Waals surface area contributed by atoms with Gasteiger partial charge in [-0.25, -0.2) is 4.79 Å². The summed E-state index contributed by atoms with van der Waals surface area (Å²) in [4.78, 5) is 13.0. The molecule has 1 heterocycles. The molecule has 0 aliphatic carbocycles. The van der Waals surface area contributed by atoms with Crippen LogP contribution in [0.3, 0.4) is 0 Å². The zero-order valence-corrected chi connectivity index (χ0v) is 7.76. The fraction of sp³-hybridized carbons (Fsp3) is 0.875. The molecule has 12 heavy (non-hydrogen) atoms. The number of nitrogens with zero attached hydrogens (tertiary/aromatic N) is 1. The molecule has 0 atom stereocenters. The summed E-state index contributed by atoms with van der Waals surface area (Å²) in [6.07, 6.45) is 1.78. The number of nitrogens with two attached hydrogens (primary N) is 1. The standard InChI is InChI=1S/C8H17N3O/c1-8(9)3-5-11(6-4-8)7(12)10-2/h3-6,9H2,1-2H3,(H,10,12). The Morgan fingerprint density at radius 2 is 2.00 bits per heavy atom. The fourth-order valence-electron chi connectivity index (χ4n) is 1.38. The van der Waals surface area contributed by atoms with Crippen molar-refractivity contribution in [3.8, 4) is 0 Å². The molecule has 0 spiro atoms. The first-order valence-corrected chi connectivity index (χ1v) is 4.31. The van der Waals surface area contributed by atoms with Crippen LogP contribution in [0.15, 0.2) is 0 Å². The minimum atomic E-state index is -0.0788. The zero-order chi connectivity index (χ0) is 9.19. The summed E-state index contributed by atoms with van der Waals surface area (Å²) in [5, 5.41) is 2.61. The normalized spacial score (nSPS) is 22.1. The lowest BCUT2D eigenvalue weighted by Gasteiger charge is -2.36. The van der Waals surface area contributed by atoms with Crippen LogP contribution in [0.5, 0.6) is 0 Å². The van der Waals surface area contributed by atoms with Crippen LogP contribution in [0.25, 0.3) is 0 Å². The van der Waals surface area contributed by atoms with Crippen LogP contribution in [0.2, 0.25) is 0 Å². The summed E-state index contributed by atoms with van der Waals surface area (Å²) in [7, 11) is 1.65. The van der Waals surface area contributed by atoms with E-state index in [-0.39, 0.29) is 11.6 Å². The lowest BCUT2D eigenvalue weighted by Crippen LogP contribution is -2.51. The Hall–Kier alpha value is -0.770. The summed E-state index contributed by atoms with van der Waals surface area (Å²) < 4.78 is 0. The number of likely N-dealkylation sites (tertiary alicyclic amines) is 1. The van der Waals surface area contributed by atoms with Gasteiger partial charge in [0.05, 0.1) is 0 Å². The summed E-state index contributed by atoms with van der Waals surface area (Å²) >= 11 is 0. The molecule has 0 aromatic carbocycles. The van der Waals surface area contributed by atoms with Crippen molar-refractivity contribution >= 4 is 6.03 Å². The summed E-state index contributed by atoms with van der Waals surface area (Å²) in [5.74, 6) is 0. The van der Waals surface area contributed by atoms with Gasteiger partial charge in [0.15, 0.2) is 0 Å². The van der Waals surface area contributed by atoms with Crippen molar-refractivity contribution < 1.29 is 4.79 Å². The topological polar surface area (TPSA) is 58.4 Å². The average molecular weight is 171 g/mol. The van der Waals surface area contributed by atoms with E-state index in [2.05, 4.69) is 5.32 Å². The first-order valence-electron chi connectivity index (χ1n) is 4.31.